The van der Waals surface area contributed by atoms with E-state index in [1.165, 1.54) is 0 Å². The number of ether oxygens (including phenoxy) is 1. The maximum Gasteiger partial charge on any atom is 0.343 e. The van der Waals surface area contributed by atoms with Crippen LogP contribution >= 0.6 is 11.5 Å². The Morgan fingerprint density at radius 2 is 2.13 bits per heavy atom. The van der Waals surface area contributed by atoms with E-state index in [1.807, 2.05) is 0 Å². The largest absolute Gasteiger partial charge is 0.451 e. The number of aromatic amines is 1. The summed E-state index contributed by atoms with van der Waals surface area (Å²) < 4.78 is 9.38. The van der Waals surface area contributed by atoms with Crippen LogP contribution in [0, 0.1) is 6.92 Å². The Morgan fingerprint density at radius 3 is 2.83 bits per heavy atom. The molecule has 2 heterocycles. The molecule has 0 unspecified atom stereocenters. The molecule has 2 aromatic heterocycles. The summed E-state index contributed by atoms with van der Waals surface area (Å²) in [6, 6.07) is 6.96. The van der Waals surface area contributed by atoms with Gasteiger partial charge in [0.25, 0.3) is 5.56 Å². The normalized spacial score (nSPS) is 12.3. The summed E-state index contributed by atoms with van der Waals surface area (Å²) in [5, 5.41) is 0.788. The fourth-order valence-electron chi connectivity index (χ4n) is 2.21. The minimum atomic E-state index is -0.724. The number of rotatable bonds is 3. The molecule has 1 aromatic carbocycles. The SMILES string of the molecule is Cc1nsc(N)c1C(=O)O[C@H](C)c1nc2ccccc2c(=O)[nH]1. The molecule has 0 fully saturated rings. The number of nitrogens with zero attached hydrogens (tertiary/aromatic N) is 2. The molecule has 8 heteroatoms. The first-order valence-electron chi connectivity index (χ1n) is 6.89. The van der Waals surface area contributed by atoms with Crippen molar-refractivity contribution in [1.82, 2.24) is 14.3 Å². The number of aromatic nitrogens is 3. The number of carbonyl (C=O) groups excluding carboxylic acids is 1. The van der Waals surface area contributed by atoms with Crippen LogP contribution in [0.25, 0.3) is 10.9 Å². The maximum absolute atomic E-state index is 12.2. The molecule has 1 atom stereocenters. The fraction of sp³-hybridized carbons (Fsp3) is 0.200. The third-order valence-electron chi connectivity index (χ3n) is 3.39. The van der Waals surface area contributed by atoms with E-state index in [0.717, 1.165) is 11.5 Å². The molecule has 3 N–H and O–H groups in total. The topological polar surface area (TPSA) is 111 Å². The Hall–Kier alpha value is -2.74. The quantitative estimate of drug-likeness (QED) is 0.712. The molecule has 0 spiro atoms. The zero-order valence-corrected chi connectivity index (χ0v) is 13.3. The number of benzene rings is 1. The van der Waals surface area contributed by atoms with Gasteiger partial charge in [0.1, 0.15) is 10.6 Å². The van der Waals surface area contributed by atoms with Crippen LogP contribution in [0.4, 0.5) is 5.00 Å². The molecular formula is C15H14N4O3S. The van der Waals surface area contributed by atoms with Crippen LogP contribution in [0.3, 0.4) is 0 Å². The number of para-hydroxylation sites is 1. The molecule has 3 aromatic rings. The number of esters is 1. The molecule has 0 radical (unpaired) electrons. The Bertz CT molecular complexity index is 928. The Kier molecular flexibility index (Phi) is 3.83. The molecular weight excluding hydrogens is 316 g/mol. The third-order valence-corrected chi connectivity index (χ3v) is 4.16. The predicted octanol–water partition coefficient (Wildman–Crippen LogP) is 2.19. The first kappa shape index (κ1) is 15.2. The van der Waals surface area contributed by atoms with Crippen molar-refractivity contribution in [3.63, 3.8) is 0 Å². The number of nitrogens with two attached hydrogens (primary N) is 1. The zero-order chi connectivity index (χ0) is 16.6. The van der Waals surface area contributed by atoms with Crippen LogP contribution in [-0.4, -0.2) is 20.3 Å². The fourth-order valence-corrected chi connectivity index (χ4v) is 2.86. The van der Waals surface area contributed by atoms with Crippen molar-refractivity contribution in [2.24, 2.45) is 0 Å². The lowest BCUT2D eigenvalue weighted by Crippen LogP contribution is -2.18. The van der Waals surface area contributed by atoms with Crippen molar-refractivity contribution in [2.45, 2.75) is 20.0 Å². The number of anilines is 1. The van der Waals surface area contributed by atoms with Gasteiger partial charge >= 0.3 is 5.97 Å². The molecule has 118 valence electrons. The average Bonchev–Trinajstić information content (AvgIpc) is 2.86. The molecule has 0 aliphatic heterocycles. The first-order valence-corrected chi connectivity index (χ1v) is 7.66. The van der Waals surface area contributed by atoms with E-state index < -0.39 is 12.1 Å². The number of H-pyrrole nitrogens is 1. The number of aryl methyl sites for hydroxylation is 1. The van der Waals surface area contributed by atoms with E-state index in [1.54, 1.807) is 38.1 Å². The summed E-state index contributed by atoms with van der Waals surface area (Å²) in [6.07, 6.45) is -0.724. The van der Waals surface area contributed by atoms with Gasteiger partial charge in [-0.3, -0.25) is 4.79 Å². The van der Waals surface area contributed by atoms with E-state index in [9.17, 15) is 9.59 Å². The monoisotopic (exact) mass is 330 g/mol. The summed E-state index contributed by atoms with van der Waals surface area (Å²) in [5.74, 6) is -0.307. The van der Waals surface area contributed by atoms with Gasteiger partial charge < -0.3 is 15.5 Å². The average molecular weight is 330 g/mol. The number of nitrogen functional groups attached to an aromatic ring is 1. The van der Waals surface area contributed by atoms with Gasteiger partial charge in [0.2, 0.25) is 0 Å². The van der Waals surface area contributed by atoms with Gasteiger partial charge in [-0.05, 0) is 37.5 Å². The molecule has 3 rings (SSSR count). The minimum Gasteiger partial charge on any atom is -0.451 e. The number of fused-ring (bicyclic) bond motifs is 1. The lowest BCUT2D eigenvalue weighted by Gasteiger charge is -2.13. The second-order valence-electron chi connectivity index (χ2n) is 5.02. The highest BCUT2D eigenvalue weighted by molar-refractivity contribution is 7.10. The highest BCUT2D eigenvalue weighted by atomic mass is 32.1. The van der Waals surface area contributed by atoms with Crippen LogP contribution < -0.4 is 11.3 Å². The highest BCUT2D eigenvalue weighted by Gasteiger charge is 2.22. The van der Waals surface area contributed by atoms with E-state index in [0.29, 0.717) is 21.6 Å². The van der Waals surface area contributed by atoms with Crippen molar-refractivity contribution >= 4 is 33.4 Å². The van der Waals surface area contributed by atoms with Gasteiger partial charge in [0.05, 0.1) is 16.6 Å². The van der Waals surface area contributed by atoms with Crippen molar-refractivity contribution in [2.75, 3.05) is 5.73 Å². The summed E-state index contributed by atoms with van der Waals surface area (Å²) in [4.78, 5) is 31.3. The lowest BCUT2D eigenvalue weighted by molar-refractivity contribution is 0.0320. The van der Waals surface area contributed by atoms with Gasteiger partial charge in [-0.25, -0.2) is 9.78 Å². The Balaban J connectivity index is 1.90. The summed E-state index contributed by atoms with van der Waals surface area (Å²) in [6.45, 7) is 3.32. The summed E-state index contributed by atoms with van der Waals surface area (Å²) >= 11 is 1.04. The van der Waals surface area contributed by atoms with E-state index >= 15 is 0 Å². The Labute approximate surface area is 135 Å². The number of hydrogen-bond donors (Lipinski definition) is 2. The van der Waals surface area contributed by atoms with E-state index in [-0.39, 0.29) is 16.9 Å². The van der Waals surface area contributed by atoms with Crippen molar-refractivity contribution in [3.05, 3.63) is 51.7 Å². The molecule has 0 saturated heterocycles. The minimum absolute atomic E-state index is 0.255. The molecule has 0 saturated carbocycles. The molecule has 0 aliphatic carbocycles. The van der Waals surface area contributed by atoms with Crippen LogP contribution in [0.1, 0.15) is 34.9 Å². The molecule has 7 nitrogen and oxygen atoms in total. The second-order valence-corrected chi connectivity index (χ2v) is 5.83. The van der Waals surface area contributed by atoms with Crippen molar-refractivity contribution in [1.29, 1.82) is 0 Å². The molecule has 0 bridgehead atoms. The molecule has 0 amide bonds. The third kappa shape index (κ3) is 2.80. The van der Waals surface area contributed by atoms with Gasteiger partial charge in [0, 0.05) is 0 Å². The van der Waals surface area contributed by atoms with Crippen LogP contribution in [0.15, 0.2) is 29.1 Å². The first-order chi connectivity index (χ1) is 11.0. The van der Waals surface area contributed by atoms with E-state index in [2.05, 4.69) is 14.3 Å². The molecule has 0 aliphatic rings. The maximum atomic E-state index is 12.2. The highest BCUT2D eigenvalue weighted by Crippen LogP contribution is 2.24. The van der Waals surface area contributed by atoms with Gasteiger partial charge in [-0.1, -0.05) is 12.1 Å². The molecule has 23 heavy (non-hydrogen) atoms. The van der Waals surface area contributed by atoms with Crippen molar-refractivity contribution < 1.29 is 9.53 Å². The second kappa shape index (κ2) is 5.81. The van der Waals surface area contributed by atoms with Crippen LogP contribution in [0.2, 0.25) is 0 Å². The number of hydrogen-bond acceptors (Lipinski definition) is 7. The smallest absolute Gasteiger partial charge is 0.343 e. The van der Waals surface area contributed by atoms with Gasteiger partial charge in [0.15, 0.2) is 11.9 Å². The van der Waals surface area contributed by atoms with Gasteiger partial charge in [-0.2, -0.15) is 4.37 Å². The van der Waals surface area contributed by atoms with Crippen LogP contribution in [-0.2, 0) is 4.74 Å². The summed E-state index contributed by atoms with van der Waals surface area (Å²) in [5.41, 5.74) is 6.78. The zero-order valence-electron chi connectivity index (χ0n) is 12.5. The predicted molar refractivity (Wildman–Crippen MR) is 87.5 cm³/mol. The Morgan fingerprint density at radius 1 is 1.39 bits per heavy atom. The van der Waals surface area contributed by atoms with Crippen molar-refractivity contribution in [3.8, 4) is 0 Å². The number of carbonyl (C=O) groups is 1. The van der Waals surface area contributed by atoms with E-state index in [4.69, 9.17) is 10.5 Å². The standard InChI is InChI=1S/C15H14N4O3S/c1-7-11(12(16)23-19-7)15(21)22-8(2)13-17-10-6-4-3-5-9(10)14(20)18-13/h3-6,8H,16H2,1-2H3,(H,17,18,20)/t8-/m1/s1. The van der Waals surface area contributed by atoms with Crippen LogP contribution in [0.5, 0.6) is 0 Å². The summed E-state index contributed by atoms with van der Waals surface area (Å²) in [7, 11) is 0. The van der Waals surface area contributed by atoms with Gasteiger partial charge in [-0.15, -0.1) is 0 Å². The lowest BCUT2D eigenvalue weighted by atomic mass is 10.2. The number of nitrogens with one attached hydrogen (secondary N) is 1.